The highest BCUT2D eigenvalue weighted by Crippen LogP contribution is 2.17. The van der Waals surface area contributed by atoms with E-state index >= 15 is 0 Å². The number of fused-ring (bicyclic) bond motifs is 1. The summed E-state index contributed by atoms with van der Waals surface area (Å²) in [5, 5.41) is 0. The number of morpholine rings is 1. The van der Waals surface area contributed by atoms with Crippen LogP contribution in [0.1, 0.15) is 39.4 Å². The number of aryl methyl sites for hydroxylation is 2. The molecule has 2 aromatic heterocycles. The molecule has 8 heteroatoms. The lowest BCUT2D eigenvalue weighted by atomic mass is 10.2. The number of rotatable bonds is 5. The van der Waals surface area contributed by atoms with Gasteiger partial charge in [0.1, 0.15) is 5.82 Å². The summed E-state index contributed by atoms with van der Waals surface area (Å²) in [5.74, 6) is 0.830. The largest absolute Gasteiger partial charge is 0.373 e. The number of H-pyrrole nitrogens is 1. The minimum atomic E-state index is -0.433. The maximum atomic E-state index is 12.4. The van der Waals surface area contributed by atoms with E-state index in [1.165, 1.54) is 4.57 Å². The van der Waals surface area contributed by atoms with Gasteiger partial charge < -0.3 is 9.30 Å². The van der Waals surface area contributed by atoms with E-state index in [4.69, 9.17) is 4.74 Å². The van der Waals surface area contributed by atoms with E-state index < -0.39 is 5.69 Å². The van der Waals surface area contributed by atoms with Gasteiger partial charge in [-0.05, 0) is 20.3 Å². The van der Waals surface area contributed by atoms with Gasteiger partial charge >= 0.3 is 5.69 Å². The van der Waals surface area contributed by atoms with Crippen LogP contribution in [-0.4, -0.2) is 49.3 Å². The third-order valence-electron chi connectivity index (χ3n) is 4.68. The summed E-state index contributed by atoms with van der Waals surface area (Å²) >= 11 is 0. The van der Waals surface area contributed by atoms with Gasteiger partial charge in [-0.25, -0.2) is 9.78 Å². The summed E-state index contributed by atoms with van der Waals surface area (Å²) in [4.78, 5) is 33.6. The van der Waals surface area contributed by atoms with Crippen molar-refractivity contribution in [3.8, 4) is 0 Å². The minimum absolute atomic E-state index is 0.171. The van der Waals surface area contributed by atoms with Crippen LogP contribution >= 0.6 is 0 Å². The predicted octanol–water partition coefficient (Wildman–Crippen LogP) is 0.833. The summed E-state index contributed by atoms with van der Waals surface area (Å²) < 4.78 is 9.18. The Morgan fingerprint density at radius 2 is 1.92 bits per heavy atom. The number of hydrogen-bond donors (Lipinski definition) is 1. The third-order valence-corrected chi connectivity index (χ3v) is 4.68. The van der Waals surface area contributed by atoms with Gasteiger partial charge in [0.05, 0.1) is 18.8 Å². The molecule has 1 saturated heterocycles. The molecule has 0 aromatic carbocycles. The molecule has 1 N–H and O–H groups in total. The van der Waals surface area contributed by atoms with Crippen LogP contribution in [0, 0.1) is 0 Å². The molecular weight excluding hydrogens is 322 g/mol. The average Bonchev–Trinajstić information content (AvgIpc) is 2.88. The molecule has 0 spiro atoms. The van der Waals surface area contributed by atoms with Gasteiger partial charge in [0, 0.05) is 26.7 Å². The maximum Gasteiger partial charge on any atom is 0.329 e. The van der Waals surface area contributed by atoms with Gasteiger partial charge in [-0.3, -0.25) is 19.2 Å². The van der Waals surface area contributed by atoms with Crippen LogP contribution in [0.3, 0.4) is 0 Å². The molecule has 2 unspecified atom stereocenters. The number of imidazole rings is 1. The zero-order valence-corrected chi connectivity index (χ0v) is 15.4. The fraction of sp³-hybridized carbons (Fsp3) is 0.706. The molecule has 138 valence electrons. The molecule has 1 aliphatic heterocycles. The quantitative estimate of drug-likeness (QED) is 0.864. The third kappa shape index (κ3) is 3.55. The highest BCUT2D eigenvalue weighted by molar-refractivity contribution is 5.70. The van der Waals surface area contributed by atoms with Gasteiger partial charge in [-0.15, -0.1) is 0 Å². The summed E-state index contributed by atoms with van der Waals surface area (Å²) in [6.07, 6.45) is 2.32. The monoisotopic (exact) mass is 349 g/mol. The molecule has 0 aliphatic carbocycles. The Morgan fingerprint density at radius 3 is 2.56 bits per heavy atom. The van der Waals surface area contributed by atoms with Crippen LogP contribution in [0.25, 0.3) is 11.2 Å². The molecule has 3 heterocycles. The normalized spacial score (nSPS) is 21.9. The molecule has 2 aromatic rings. The predicted molar refractivity (Wildman–Crippen MR) is 95.8 cm³/mol. The zero-order chi connectivity index (χ0) is 18.1. The summed E-state index contributed by atoms with van der Waals surface area (Å²) in [6, 6.07) is 0. The minimum Gasteiger partial charge on any atom is -0.373 e. The molecule has 0 radical (unpaired) electrons. The van der Waals surface area contributed by atoms with Crippen molar-refractivity contribution in [1.29, 1.82) is 0 Å². The first kappa shape index (κ1) is 17.9. The van der Waals surface area contributed by atoms with Crippen molar-refractivity contribution in [2.45, 2.75) is 58.9 Å². The maximum absolute atomic E-state index is 12.4. The molecular formula is C17H27N5O3. The fourth-order valence-corrected chi connectivity index (χ4v) is 3.57. The molecule has 0 amide bonds. The lowest BCUT2D eigenvalue weighted by Crippen LogP contribution is -2.45. The topological polar surface area (TPSA) is 85.2 Å². The van der Waals surface area contributed by atoms with Crippen LogP contribution in [0.5, 0.6) is 0 Å². The van der Waals surface area contributed by atoms with Crippen molar-refractivity contribution in [3.63, 3.8) is 0 Å². The van der Waals surface area contributed by atoms with Crippen LogP contribution in [0.2, 0.25) is 0 Å². The van der Waals surface area contributed by atoms with E-state index in [1.54, 1.807) is 7.05 Å². The molecule has 1 aliphatic rings. The summed E-state index contributed by atoms with van der Waals surface area (Å²) in [6.45, 7) is 9.27. The van der Waals surface area contributed by atoms with Gasteiger partial charge in [0.15, 0.2) is 11.2 Å². The number of nitrogens with one attached hydrogen (secondary N) is 1. The Kier molecular flexibility index (Phi) is 5.10. The average molecular weight is 349 g/mol. The SMILES string of the molecule is CCCCn1c(CN2CC(C)OC(C)C2)nc2c1c(=O)[nH]c(=O)n2C. The van der Waals surface area contributed by atoms with E-state index in [0.29, 0.717) is 17.7 Å². The summed E-state index contributed by atoms with van der Waals surface area (Å²) in [7, 11) is 1.64. The Hall–Kier alpha value is -1.93. The smallest absolute Gasteiger partial charge is 0.329 e. The highest BCUT2D eigenvalue weighted by Gasteiger charge is 2.25. The molecule has 8 nitrogen and oxygen atoms in total. The van der Waals surface area contributed by atoms with E-state index in [2.05, 4.69) is 35.6 Å². The first-order chi connectivity index (χ1) is 11.9. The number of aromatic amines is 1. The zero-order valence-electron chi connectivity index (χ0n) is 15.4. The number of hydrogen-bond acceptors (Lipinski definition) is 5. The van der Waals surface area contributed by atoms with Crippen molar-refractivity contribution in [2.24, 2.45) is 7.05 Å². The number of unbranched alkanes of at least 4 members (excludes halogenated alkanes) is 1. The Bertz CT molecular complexity index is 856. The summed E-state index contributed by atoms with van der Waals surface area (Å²) in [5.41, 5.74) is 0.142. The van der Waals surface area contributed by atoms with Gasteiger partial charge in [-0.2, -0.15) is 0 Å². The lowest BCUT2D eigenvalue weighted by molar-refractivity contribution is -0.0712. The van der Waals surface area contributed by atoms with E-state index in [-0.39, 0.29) is 17.8 Å². The van der Waals surface area contributed by atoms with Crippen molar-refractivity contribution < 1.29 is 4.74 Å². The molecule has 0 bridgehead atoms. The first-order valence-corrected chi connectivity index (χ1v) is 8.97. The van der Waals surface area contributed by atoms with E-state index in [0.717, 1.165) is 38.3 Å². The van der Waals surface area contributed by atoms with Gasteiger partial charge in [0.2, 0.25) is 0 Å². The standard InChI is InChI=1S/C17H27N5O3/c1-5-6-7-22-13(10-21-8-11(2)25-12(3)9-21)18-15-14(22)16(23)19-17(24)20(15)4/h11-12H,5-10H2,1-4H3,(H,19,23,24). The second kappa shape index (κ2) is 7.13. The Balaban J connectivity index is 2.04. The van der Waals surface area contributed by atoms with Crippen molar-refractivity contribution in [2.75, 3.05) is 13.1 Å². The van der Waals surface area contributed by atoms with Gasteiger partial charge in [0.25, 0.3) is 5.56 Å². The van der Waals surface area contributed by atoms with E-state index in [9.17, 15) is 9.59 Å². The molecule has 0 saturated carbocycles. The Morgan fingerprint density at radius 1 is 1.24 bits per heavy atom. The molecule has 1 fully saturated rings. The van der Waals surface area contributed by atoms with Crippen LogP contribution in [0.15, 0.2) is 9.59 Å². The number of aromatic nitrogens is 4. The fourth-order valence-electron chi connectivity index (χ4n) is 3.57. The van der Waals surface area contributed by atoms with Crippen LogP contribution < -0.4 is 11.2 Å². The van der Waals surface area contributed by atoms with Crippen molar-refractivity contribution in [3.05, 3.63) is 26.7 Å². The number of ether oxygens (including phenoxy) is 1. The second-order valence-electron chi connectivity index (χ2n) is 6.98. The second-order valence-corrected chi connectivity index (χ2v) is 6.98. The Labute approximate surface area is 146 Å². The van der Waals surface area contributed by atoms with Crippen LogP contribution in [-0.2, 0) is 24.9 Å². The van der Waals surface area contributed by atoms with Gasteiger partial charge in [-0.1, -0.05) is 13.3 Å². The highest BCUT2D eigenvalue weighted by atomic mass is 16.5. The van der Waals surface area contributed by atoms with E-state index in [1.807, 2.05) is 4.57 Å². The number of nitrogens with zero attached hydrogens (tertiary/aromatic N) is 4. The molecule has 2 atom stereocenters. The van der Waals surface area contributed by atoms with Crippen molar-refractivity contribution >= 4 is 11.2 Å². The first-order valence-electron chi connectivity index (χ1n) is 8.97. The molecule has 25 heavy (non-hydrogen) atoms. The lowest BCUT2D eigenvalue weighted by Gasteiger charge is -2.35. The molecule has 3 rings (SSSR count). The van der Waals surface area contributed by atoms with Crippen molar-refractivity contribution in [1.82, 2.24) is 24.0 Å². The van der Waals surface area contributed by atoms with Crippen LogP contribution in [0.4, 0.5) is 0 Å².